The first-order chi connectivity index (χ1) is 20.3. The number of anilines is 1. The van der Waals surface area contributed by atoms with Gasteiger partial charge in [-0.3, -0.25) is 0 Å². The lowest BCUT2D eigenvalue weighted by Crippen LogP contribution is -2.26. The summed E-state index contributed by atoms with van der Waals surface area (Å²) in [5.41, 5.74) is 15.1. The molecule has 0 fully saturated rings. The molecule has 0 aliphatic heterocycles. The van der Waals surface area contributed by atoms with Gasteiger partial charge in [-0.1, -0.05) is 116 Å². The Morgan fingerprint density at radius 3 is 2.41 bits per heavy atom. The fourth-order valence-corrected chi connectivity index (χ4v) is 7.31. The van der Waals surface area contributed by atoms with Crippen molar-refractivity contribution in [3.8, 4) is 11.1 Å². The highest BCUT2D eigenvalue weighted by Gasteiger charge is 2.53. The van der Waals surface area contributed by atoms with Gasteiger partial charge in [-0.25, -0.2) is 0 Å². The molecule has 0 heterocycles. The third-order valence-electron chi connectivity index (χ3n) is 8.96. The van der Waals surface area contributed by atoms with Gasteiger partial charge >= 0.3 is 0 Å². The molecule has 41 heavy (non-hydrogen) atoms. The Bertz CT molecular complexity index is 1780. The van der Waals surface area contributed by atoms with Gasteiger partial charge in [0.2, 0.25) is 0 Å². The van der Waals surface area contributed by atoms with Crippen LogP contribution in [0.5, 0.6) is 0 Å². The molecule has 1 spiro atoms. The standard InChI is InChI=1S/C40H35N/c1-3-16-35-30(4-2)32-20-12-14-22-36(32)40(35)37-23-15-13-21-33(37)34-26-25-29(27-38(34)40)41-39-24-11-7-10-19-31(39)28-17-8-5-6-9-18-28/h3-5,7-8,11-17,19-27,41H,1,6,9-10,18H2,2H3/b30-4-,35-16+. The minimum absolute atomic E-state index is 0.388. The van der Waals surface area contributed by atoms with Crippen LogP contribution in [-0.2, 0) is 5.41 Å². The van der Waals surface area contributed by atoms with E-state index in [1.165, 1.54) is 62.1 Å². The molecule has 1 heteroatoms. The van der Waals surface area contributed by atoms with Crippen molar-refractivity contribution in [2.24, 2.45) is 0 Å². The molecule has 7 rings (SSSR count). The second-order valence-electron chi connectivity index (χ2n) is 11.1. The van der Waals surface area contributed by atoms with Gasteiger partial charge in [-0.15, -0.1) is 0 Å². The zero-order chi connectivity index (χ0) is 27.8. The van der Waals surface area contributed by atoms with E-state index in [1.54, 1.807) is 0 Å². The van der Waals surface area contributed by atoms with E-state index in [0.29, 0.717) is 0 Å². The fraction of sp³-hybridized carbons (Fsp3) is 0.150. The summed E-state index contributed by atoms with van der Waals surface area (Å²) in [6.07, 6.45) is 26.6. The molecule has 0 aromatic heterocycles. The van der Waals surface area contributed by atoms with Crippen molar-refractivity contribution in [3.05, 3.63) is 179 Å². The molecule has 0 bridgehead atoms. The van der Waals surface area contributed by atoms with Gasteiger partial charge in [-0.05, 0) is 106 Å². The van der Waals surface area contributed by atoms with E-state index in [0.717, 1.165) is 30.6 Å². The molecule has 1 atom stereocenters. The molecule has 0 amide bonds. The third kappa shape index (κ3) is 3.91. The third-order valence-corrected chi connectivity index (χ3v) is 8.96. The highest BCUT2D eigenvalue weighted by molar-refractivity contribution is 6.00. The van der Waals surface area contributed by atoms with Crippen molar-refractivity contribution in [2.45, 2.75) is 38.0 Å². The van der Waals surface area contributed by atoms with E-state index in [2.05, 4.69) is 140 Å². The Morgan fingerprint density at radius 2 is 1.59 bits per heavy atom. The topological polar surface area (TPSA) is 12.0 Å². The number of hydrogen-bond acceptors (Lipinski definition) is 1. The highest BCUT2D eigenvalue weighted by Crippen LogP contribution is 2.63. The van der Waals surface area contributed by atoms with E-state index < -0.39 is 0 Å². The summed E-state index contributed by atoms with van der Waals surface area (Å²) in [6.45, 7) is 6.29. The lowest BCUT2D eigenvalue weighted by Gasteiger charge is -2.31. The molecule has 3 aromatic carbocycles. The van der Waals surface area contributed by atoms with Crippen molar-refractivity contribution in [1.82, 2.24) is 0 Å². The largest absolute Gasteiger partial charge is 0.355 e. The van der Waals surface area contributed by atoms with E-state index in [-0.39, 0.29) is 5.41 Å². The molecule has 200 valence electrons. The van der Waals surface area contributed by atoms with Crippen LogP contribution in [0.15, 0.2) is 156 Å². The molecule has 1 nitrogen and oxygen atoms in total. The first kappa shape index (κ1) is 25.4. The maximum atomic E-state index is 4.14. The molecule has 1 unspecified atom stereocenters. The summed E-state index contributed by atoms with van der Waals surface area (Å²) in [5.74, 6) is 0. The lowest BCUT2D eigenvalue weighted by molar-refractivity contribution is 0.795. The zero-order valence-corrected chi connectivity index (χ0v) is 23.7. The normalized spacial score (nSPS) is 22.4. The molecule has 0 radical (unpaired) electrons. The van der Waals surface area contributed by atoms with Gasteiger partial charge < -0.3 is 5.32 Å². The second-order valence-corrected chi connectivity index (χ2v) is 11.1. The predicted octanol–water partition coefficient (Wildman–Crippen LogP) is 10.4. The summed E-state index contributed by atoms with van der Waals surface area (Å²) < 4.78 is 0. The van der Waals surface area contributed by atoms with Gasteiger partial charge in [0.1, 0.15) is 0 Å². The van der Waals surface area contributed by atoms with Crippen LogP contribution in [0, 0.1) is 0 Å². The second kappa shape index (κ2) is 10.4. The monoisotopic (exact) mass is 529 g/mol. The number of fused-ring (bicyclic) bond motifs is 7. The van der Waals surface area contributed by atoms with Crippen LogP contribution in [0.4, 0.5) is 5.69 Å². The van der Waals surface area contributed by atoms with E-state index >= 15 is 0 Å². The van der Waals surface area contributed by atoms with Crippen LogP contribution >= 0.6 is 0 Å². The predicted molar refractivity (Wildman–Crippen MR) is 175 cm³/mol. The minimum Gasteiger partial charge on any atom is -0.355 e. The number of rotatable bonds is 4. The molecular weight excluding hydrogens is 494 g/mol. The first-order valence-electron chi connectivity index (χ1n) is 14.8. The summed E-state index contributed by atoms with van der Waals surface area (Å²) in [5, 5.41) is 3.87. The average Bonchev–Trinajstić information content (AvgIpc) is 3.18. The van der Waals surface area contributed by atoms with E-state index in [4.69, 9.17) is 0 Å². The number of nitrogens with one attached hydrogen (secondary N) is 1. The van der Waals surface area contributed by atoms with Gasteiger partial charge in [0, 0.05) is 11.4 Å². The van der Waals surface area contributed by atoms with Crippen LogP contribution < -0.4 is 5.32 Å². The van der Waals surface area contributed by atoms with Crippen molar-refractivity contribution < 1.29 is 0 Å². The molecule has 3 aromatic rings. The number of benzene rings is 3. The average molecular weight is 530 g/mol. The lowest BCUT2D eigenvalue weighted by atomic mass is 9.70. The smallest absolute Gasteiger partial charge is 0.0726 e. The van der Waals surface area contributed by atoms with Gasteiger partial charge in [0.25, 0.3) is 0 Å². The van der Waals surface area contributed by atoms with Crippen LogP contribution in [0.1, 0.15) is 54.9 Å². The van der Waals surface area contributed by atoms with E-state index in [1.807, 2.05) is 6.08 Å². The van der Waals surface area contributed by atoms with Crippen molar-refractivity contribution >= 4 is 11.3 Å². The van der Waals surface area contributed by atoms with Gasteiger partial charge in [0.05, 0.1) is 5.41 Å². The Labute approximate surface area is 244 Å². The summed E-state index contributed by atoms with van der Waals surface area (Å²) in [4.78, 5) is 0. The maximum Gasteiger partial charge on any atom is 0.0726 e. The van der Waals surface area contributed by atoms with Crippen LogP contribution in [-0.4, -0.2) is 0 Å². The van der Waals surface area contributed by atoms with Gasteiger partial charge in [0.15, 0.2) is 0 Å². The molecule has 4 aliphatic rings. The molecule has 0 saturated heterocycles. The van der Waals surface area contributed by atoms with Crippen molar-refractivity contribution in [3.63, 3.8) is 0 Å². The highest BCUT2D eigenvalue weighted by atomic mass is 14.9. The first-order valence-corrected chi connectivity index (χ1v) is 14.8. The maximum absolute atomic E-state index is 4.14. The van der Waals surface area contributed by atoms with Crippen LogP contribution in [0.3, 0.4) is 0 Å². The number of allylic oxidation sites excluding steroid dienone is 13. The molecular formula is C40H35N. The van der Waals surface area contributed by atoms with Crippen molar-refractivity contribution in [2.75, 3.05) is 5.32 Å². The van der Waals surface area contributed by atoms with Crippen LogP contribution in [0.2, 0.25) is 0 Å². The summed E-state index contributed by atoms with van der Waals surface area (Å²) in [7, 11) is 0. The van der Waals surface area contributed by atoms with Crippen LogP contribution in [0.25, 0.3) is 16.7 Å². The summed E-state index contributed by atoms with van der Waals surface area (Å²) in [6, 6.07) is 24.8. The van der Waals surface area contributed by atoms with Gasteiger partial charge in [-0.2, -0.15) is 0 Å². The van der Waals surface area contributed by atoms with E-state index in [9.17, 15) is 0 Å². The number of hydrogen-bond donors (Lipinski definition) is 1. The van der Waals surface area contributed by atoms with Crippen molar-refractivity contribution in [1.29, 1.82) is 0 Å². The Hall–Kier alpha value is -4.62. The Balaban J connectivity index is 1.41. The molecule has 4 aliphatic carbocycles. The summed E-state index contributed by atoms with van der Waals surface area (Å²) >= 11 is 0. The molecule has 0 saturated carbocycles. The quantitative estimate of drug-likeness (QED) is 0.354. The Kier molecular flexibility index (Phi) is 6.44. The minimum atomic E-state index is -0.388. The molecule has 1 N–H and O–H groups in total. The fourth-order valence-electron chi connectivity index (χ4n) is 7.31. The SMILES string of the molecule is C=C/C=C1\C(=C/C)c2ccccc2C12c1ccccc1-c1ccc(NC3=CC=CCC=C3C3=CC=CCCC3)cc12. The Morgan fingerprint density at radius 1 is 0.829 bits per heavy atom. The zero-order valence-electron chi connectivity index (χ0n) is 23.7.